The van der Waals surface area contributed by atoms with E-state index in [0.29, 0.717) is 0 Å². The largest absolute Gasteiger partial charge is 0.302 e. The second-order valence-electron chi connectivity index (χ2n) is 9.69. The average molecular weight is 320 g/mol. The Bertz CT molecular complexity index is 355. The second kappa shape index (κ2) is 6.31. The van der Waals surface area contributed by atoms with Gasteiger partial charge >= 0.3 is 0 Å². The molecule has 0 bridgehead atoms. The van der Waals surface area contributed by atoms with Crippen LogP contribution in [-0.2, 0) is 0 Å². The molecule has 4 unspecified atom stereocenters. The Balaban J connectivity index is 1.24. The summed E-state index contributed by atoms with van der Waals surface area (Å²) in [5, 5.41) is 0. The van der Waals surface area contributed by atoms with Gasteiger partial charge in [0.1, 0.15) is 0 Å². The van der Waals surface area contributed by atoms with Crippen LogP contribution in [0.3, 0.4) is 0 Å². The molecule has 4 atom stereocenters. The van der Waals surface area contributed by atoms with Crippen molar-refractivity contribution in [1.29, 1.82) is 0 Å². The van der Waals surface area contributed by atoms with Crippen LogP contribution in [0.5, 0.6) is 0 Å². The van der Waals surface area contributed by atoms with Gasteiger partial charge in [-0.3, -0.25) is 0 Å². The number of rotatable bonds is 4. The van der Waals surface area contributed by atoms with E-state index in [2.05, 4.69) is 42.4 Å². The van der Waals surface area contributed by atoms with E-state index < -0.39 is 0 Å². The van der Waals surface area contributed by atoms with Crippen LogP contribution < -0.4 is 0 Å². The summed E-state index contributed by atoms with van der Waals surface area (Å²) in [5.74, 6) is 4.96. The highest BCUT2D eigenvalue weighted by Gasteiger charge is 2.44. The summed E-state index contributed by atoms with van der Waals surface area (Å²) >= 11 is 0. The molecule has 1 saturated carbocycles. The summed E-state index contributed by atoms with van der Waals surface area (Å²) in [6.07, 6.45) is 3.02. The van der Waals surface area contributed by atoms with Crippen LogP contribution >= 0.6 is 0 Å². The lowest BCUT2D eigenvalue weighted by Crippen LogP contribution is -2.35. The van der Waals surface area contributed by atoms with E-state index in [0.717, 1.165) is 41.7 Å². The Labute approximate surface area is 143 Å². The van der Waals surface area contributed by atoms with Crippen LogP contribution in [0, 0.1) is 29.6 Å². The van der Waals surface area contributed by atoms with Gasteiger partial charge in [0.05, 0.1) is 0 Å². The zero-order chi connectivity index (χ0) is 16.1. The standard InChI is InChI=1S/C20H37N3/c1-14(2)22-10-17-5-16(6-18(17)11-22)7-21-8-19-12-23(15(3)4)13-20(19)9-21/h14-20H,5-13H2,1-4H3. The molecule has 4 rings (SSSR count). The molecule has 0 radical (unpaired) electrons. The summed E-state index contributed by atoms with van der Waals surface area (Å²) in [5.41, 5.74) is 0. The van der Waals surface area contributed by atoms with Crippen molar-refractivity contribution in [3.8, 4) is 0 Å². The number of hydrogen-bond acceptors (Lipinski definition) is 3. The average Bonchev–Trinajstić information content (AvgIpc) is 3.15. The Kier molecular flexibility index (Phi) is 4.49. The number of fused-ring (bicyclic) bond motifs is 2. The maximum absolute atomic E-state index is 2.83. The van der Waals surface area contributed by atoms with Crippen molar-refractivity contribution in [3.63, 3.8) is 0 Å². The van der Waals surface area contributed by atoms with E-state index in [1.807, 2.05) is 0 Å². The molecule has 3 aliphatic heterocycles. The smallest absolute Gasteiger partial charge is 0.00388 e. The number of nitrogens with zero attached hydrogens (tertiary/aromatic N) is 3. The van der Waals surface area contributed by atoms with Gasteiger partial charge < -0.3 is 14.7 Å². The Morgan fingerprint density at radius 1 is 0.652 bits per heavy atom. The second-order valence-corrected chi connectivity index (χ2v) is 9.69. The zero-order valence-electron chi connectivity index (χ0n) is 15.7. The molecule has 132 valence electrons. The SMILES string of the molecule is CC(C)N1CC2CC(CN3CC4CN(C(C)C)CC4C3)CC2C1. The number of hydrogen-bond donors (Lipinski definition) is 0. The lowest BCUT2D eigenvalue weighted by molar-refractivity contribution is 0.198. The van der Waals surface area contributed by atoms with Gasteiger partial charge in [0.2, 0.25) is 0 Å². The molecular formula is C20H37N3. The number of likely N-dealkylation sites (tertiary alicyclic amines) is 3. The Morgan fingerprint density at radius 3 is 1.52 bits per heavy atom. The van der Waals surface area contributed by atoms with Crippen LogP contribution in [-0.4, -0.2) is 72.6 Å². The van der Waals surface area contributed by atoms with E-state index in [1.54, 1.807) is 0 Å². The molecule has 3 saturated heterocycles. The fourth-order valence-corrected chi connectivity index (χ4v) is 6.09. The van der Waals surface area contributed by atoms with E-state index in [1.165, 1.54) is 58.7 Å². The summed E-state index contributed by atoms with van der Waals surface area (Å²) in [6, 6.07) is 1.49. The maximum Gasteiger partial charge on any atom is 0.00388 e. The molecule has 3 heteroatoms. The van der Waals surface area contributed by atoms with Gasteiger partial charge in [-0.25, -0.2) is 0 Å². The molecule has 1 aliphatic carbocycles. The quantitative estimate of drug-likeness (QED) is 0.789. The molecular weight excluding hydrogens is 282 g/mol. The van der Waals surface area contributed by atoms with Gasteiger partial charge in [-0.15, -0.1) is 0 Å². The molecule has 4 aliphatic rings. The van der Waals surface area contributed by atoms with Crippen molar-refractivity contribution in [1.82, 2.24) is 14.7 Å². The summed E-state index contributed by atoms with van der Waals surface area (Å²) in [4.78, 5) is 8.25. The third kappa shape index (κ3) is 3.21. The highest BCUT2D eigenvalue weighted by Crippen LogP contribution is 2.43. The zero-order valence-corrected chi connectivity index (χ0v) is 15.7. The van der Waals surface area contributed by atoms with Crippen molar-refractivity contribution in [2.24, 2.45) is 29.6 Å². The Morgan fingerprint density at radius 2 is 1.09 bits per heavy atom. The summed E-state index contributed by atoms with van der Waals surface area (Å²) in [6.45, 7) is 19.1. The molecule has 23 heavy (non-hydrogen) atoms. The Hall–Kier alpha value is -0.120. The van der Waals surface area contributed by atoms with Crippen molar-refractivity contribution < 1.29 is 0 Å². The molecule has 0 aromatic carbocycles. The molecule has 3 nitrogen and oxygen atoms in total. The topological polar surface area (TPSA) is 9.72 Å². The highest BCUT2D eigenvalue weighted by molar-refractivity contribution is 4.97. The fraction of sp³-hybridized carbons (Fsp3) is 1.00. The van der Waals surface area contributed by atoms with Crippen LogP contribution in [0.4, 0.5) is 0 Å². The third-order valence-electron chi connectivity index (χ3n) is 7.44. The summed E-state index contributed by atoms with van der Waals surface area (Å²) < 4.78 is 0. The highest BCUT2D eigenvalue weighted by atomic mass is 15.2. The van der Waals surface area contributed by atoms with Crippen LogP contribution in [0.1, 0.15) is 40.5 Å². The van der Waals surface area contributed by atoms with Crippen molar-refractivity contribution in [2.75, 3.05) is 45.8 Å². The molecule has 0 N–H and O–H groups in total. The molecule has 0 aromatic rings. The molecule has 4 fully saturated rings. The predicted molar refractivity (Wildman–Crippen MR) is 96.5 cm³/mol. The van der Waals surface area contributed by atoms with Gasteiger partial charge in [0.25, 0.3) is 0 Å². The maximum atomic E-state index is 2.83. The first kappa shape index (κ1) is 16.4. The van der Waals surface area contributed by atoms with Gasteiger partial charge in [0.15, 0.2) is 0 Å². The minimum atomic E-state index is 0.743. The minimum Gasteiger partial charge on any atom is -0.302 e. The van der Waals surface area contributed by atoms with Crippen molar-refractivity contribution in [3.05, 3.63) is 0 Å². The van der Waals surface area contributed by atoms with E-state index in [9.17, 15) is 0 Å². The minimum absolute atomic E-state index is 0.743. The first-order valence-corrected chi connectivity index (χ1v) is 10.2. The van der Waals surface area contributed by atoms with E-state index in [4.69, 9.17) is 0 Å². The van der Waals surface area contributed by atoms with Gasteiger partial charge in [-0.05, 0) is 70.1 Å². The van der Waals surface area contributed by atoms with Crippen molar-refractivity contribution >= 4 is 0 Å². The lowest BCUT2D eigenvalue weighted by atomic mass is 10.0. The van der Waals surface area contributed by atoms with Crippen molar-refractivity contribution in [2.45, 2.75) is 52.6 Å². The normalized spacial score (nSPS) is 42.3. The van der Waals surface area contributed by atoms with Gasteiger partial charge in [-0.2, -0.15) is 0 Å². The van der Waals surface area contributed by atoms with Crippen LogP contribution in [0.15, 0.2) is 0 Å². The molecule has 0 aromatic heterocycles. The van der Waals surface area contributed by atoms with E-state index in [-0.39, 0.29) is 0 Å². The molecule has 0 spiro atoms. The van der Waals surface area contributed by atoms with Crippen LogP contribution in [0.25, 0.3) is 0 Å². The first-order valence-electron chi connectivity index (χ1n) is 10.2. The predicted octanol–water partition coefficient (Wildman–Crippen LogP) is 2.62. The lowest BCUT2D eigenvalue weighted by Gasteiger charge is -2.27. The third-order valence-corrected chi connectivity index (χ3v) is 7.44. The monoisotopic (exact) mass is 319 g/mol. The summed E-state index contributed by atoms with van der Waals surface area (Å²) in [7, 11) is 0. The molecule has 3 heterocycles. The van der Waals surface area contributed by atoms with Gasteiger partial charge in [0, 0.05) is 57.9 Å². The van der Waals surface area contributed by atoms with E-state index >= 15 is 0 Å². The first-order chi connectivity index (χ1) is 11.0. The molecule has 0 amide bonds. The van der Waals surface area contributed by atoms with Gasteiger partial charge in [-0.1, -0.05) is 0 Å². The van der Waals surface area contributed by atoms with Crippen LogP contribution in [0.2, 0.25) is 0 Å². The fourth-order valence-electron chi connectivity index (χ4n) is 6.09.